The maximum absolute atomic E-state index is 13.6. The molecule has 2 saturated heterocycles. The summed E-state index contributed by atoms with van der Waals surface area (Å²) in [6.45, 7) is 8.16. The van der Waals surface area contributed by atoms with Crippen LogP contribution in [-0.2, 0) is 18.9 Å². The summed E-state index contributed by atoms with van der Waals surface area (Å²) in [5, 5.41) is 7.34. The van der Waals surface area contributed by atoms with E-state index >= 15 is 0 Å². The zero-order valence-electron chi connectivity index (χ0n) is 25.5. The summed E-state index contributed by atoms with van der Waals surface area (Å²) < 4.78 is 22.1. The molecular formula is C32H38N6O6S. The molecule has 1 aromatic heterocycles. The van der Waals surface area contributed by atoms with Gasteiger partial charge in [-0.2, -0.15) is 0 Å². The number of para-hydroxylation sites is 2. The van der Waals surface area contributed by atoms with Gasteiger partial charge in [0.1, 0.15) is 21.1 Å². The number of nitrogens with zero attached hydrogens (tertiary/aromatic N) is 4. The molecule has 2 aliphatic heterocycles. The summed E-state index contributed by atoms with van der Waals surface area (Å²) in [5.41, 5.74) is 1.67. The van der Waals surface area contributed by atoms with Gasteiger partial charge in [-0.1, -0.05) is 47.7 Å². The third kappa shape index (κ3) is 8.38. The predicted molar refractivity (Wildman–Crippen MR) is 175 cm³/mol. The lowest BCUT2D eigenvalue weighted by Gasteiger charge is -2.30. The lowest BCUT2D eigenvalue weighted by atomic mass is 10.1. The van der Waals surface area contributed by atoms with Crippen LogP contribution in [-0.4, -0.2) is 99.5 Å². The van der Waals surface area contributed by atoms with Crippen LogP contribution in [0, 0.1) is 0 Å². The Morgan fingerprint density at radius 1 is 0.689 bits per heavy atom. The Bertz CT molecular complexity index is 1370. The number of carbonyl (C=O) groups is 2. The molecular weight excluding hydrogens is 596 g/mol. The summed E-state index contributed by atoms with van der Waals surface area (Å²) in [7, 11) is 0. The minimum atomic E-state index is -0.679. The predicted octanol–water partition coefficient (Wildman–Crippen LogP) is 4.97. The van der Waals surface area contributed by atoms with Gasteiger partial charge in [-0.15, -0.1) is 0 Å². The lowest BCUT2D eigenvalue weighted by Crippen LogP contribution is -2.44. The van der Waals surface area contributed by atoms with E-state index in [1.807, 2.05) is 70.5 Å². The molecule has 12 nitrogen and oxygen atoms in total. The zero-order chi connectivity index (χ0) is 31.4. The van der Waals surface area contributed by atoms with Crippen molar-refractivity contribution in [1.29, 1.82) is 0 Å². The van der Waals surface area contributed by atoms with Crippen molar-refractivity contribution in [2.45, 2.75) is 13.8 Å². The van der Waals surface area contributed by atoms with Gasteiger partial charge in [0.25, 0.3) is 0 Å². The van der Waals surface area contributed by atoms with Crippen LogP contribution in [0.25, 0.3) is 0 Å². The van der Waals surface area contributed by atoms with Crippen LogP contribution in [0.2, 0.25) is 0 Å². The normalized spacial score (nSPS) is 15.9. The summed E-state index contributed by atoms with van der Waals surface area (Å²) in [6, 6.07) is 19.3. The van der Waals surface area contributed by atoms with E-state index in [2.05, 4.69) is 10.6 Å². The minimum absolute atomic E-state index is 0.0145. The molecule has 0 unspecified atom stereocenters. The number of hydrogen-bond acceptors (Lipinski definition) is 9. The molecule has 0 spiro atoms. The Morgan fingerprint density at radius 3 is 1.42 bits per heavy atom. The molecule has 0 saturated carbocycles. The quantitative estimate of drug-likeness (QED) is 0.199. The number of ether oxygens (including phenoxy) is 4. The lowest BCUT2D eigenvalue weighted by molar-refractivity contribution is 0.0481. The number of rotatable bonds is 8. The summed E-state index contributed by atoms with van der Waals surface area (Å²) in [5.74, 6) is -0.333. The second-order valence-corrected chi connectivity index (χ2v) is 10.9. The summed E-state index contributed by atoms with van der Waals surface area (Å²) in [6.07, 6.45) is 0. The molecule has 5 rings (SSSR count). The molecule has 2 fully saturated rings. The second-order valence-electron chi connectivity index (χ2n) is 9.96. The van der Waals surface area contributed by atoms with Crippen LogP contribution in [0.15, 0.2) is 70.6 Å². The van der Waals surface area contributed by atoms with Gasteiger partial charge in [-0.05, 0) is 38.1 Å². The van der Waals surface area contributed by atoms with Gasteiger partial charge in [0.2, 0.25) is 11.9 Å². The Hall–Kier alpha value is -4.46. The summed E-state index contributed by atoms with van der Waals surface area (Å²) >= 11 is 1.13. The fourth-order valence-electron chi connectivity index (χ4n) is 4.75. The third-order valence-electron chi connectivity index (χ3n) is 6.93. The number of aliphatic imine (C=N–C) groups is 2. The molecule has 0 amide bonds. The molecule has 13 heteroatoms. The van der Waals surface area contributed by atoms with E-state index in [-0.39, 0.29) is 34.3 Å². The number of nitrogens with one attached hydrogen (secondary N) is 2. The van der Waals surface area contributed by atoms with Crippen molar-refractivity contribution in [3.05, 3.63) is 71.8 Å². The molecule has 238 valence electrons. The van der Waals surface area contributed by atoms with E-state index in [0.717, 1.165) is 22.7 Å². The van der Waals surface area contributed by atoms with Gasteiger partial charge in [0.15, 0.2) is 0 Å². The van der Waals surface area contributed by atoms with Crippen molar-refractivity contribution in [3.63, 3.8) is 0 Å². The second kappa shape index (κ2) is 16.0. The average molecular weight is 635 g/mol. The minimum Gasteiger partial charge on any atom is -0.462 e. The topological polar surface area (TPSA) is 126 Å². The molecule has 2 aliphatic rings. The molecule has 2 aromatic carbocycles. The maximum Gasteiger partial charge on any atom is 0.342 e. The van der Waals surface area contributed by atoms with E-state index in [0.29, 0.717) is 64.5 Å². The van der Waals surface area contributed by atoms with Gasteiger partial charge in [-0.25, -0.2) is 19.6 Å². The van der Waals surface area contributed by atoms with E-state index in [1.165, 1.54) is 0 Å². The van der Waals surface area contributed by atoms with Crippen molar-refractivity contribution in [2.24, 2.45) is 9.98 Å². The Morgan fingerprint density at radius 2 is 1.07 bits per heavy atom. The number of guanidine groups is 2. The van der Waals surface area contributed by atoms with Crippen molar-refractivity contribution in [1.82, 2.24) is 9.80 Å². The van der Waals surface area contributed by atoms with E-state index in [4.69, 9.17) is 28.9 Å². The van der Waals surface area contributed by atoms with E-state index in [9.17, 15) is 9.59 Å². The highest BCUT2D eigenvalue weighted by atomic mass is 32.1. The SMILES string of the molecule is CCOC(=O)c1c(/N=C(\Nc2ccccc2)N2CCOCC2)sc(/N=C(\Nc2ccccc2)N2CCOCC2)c1C(=O)OCC. The van der Waals surface area contributed by atoms with Crippen molar-refractivity contribution in [3.8, 4) is 0 Å². The number of thiophene rings is 1. The monoisotopic (exact) mass is 634 g/mol. The van der Waals surface area contributed by atoms with Crippen molar-refractivity contribution >= 4 is 56.6 Å². The first-order valence-corrected chi connectivity index (χ1v) is 15.9. The highest BCUT2D eigenvalue weighted by molar-refractivity contribution is 7.20. The van der Waals surface area contributed by atoms with Gasteiger partial charge in [-0.3, -0.25) is 0 Å². The van der Waals surface area contributed by atoms with E-state index in [1.54, 1.807) is 13.8 Å². The molecule has 0 aliphatic carbocycles. The Balaban J connectivity index is 1.68. The van der Waals surface area contributed by atoms with Crippen molar-refractivity contribution in [2.75, 3.05) is 76.5 Å². The molecule has 0 radical (unpaired) electrons. The van der Waals surface area contributed by atoms with Crippen LogP contribution in [0.5, 0.6) is 0 Å². The number of morpholine rings is 2. The van der Waals surface area contributed by atoms with Crippen LogP contribution in [0.3, 0.4) is 0 Å². The van der Waals surface area contributed by atoms with Gasteiger partial charge >= 0.3 is 11.9 Å². The third-order valence-corrected chi connectivity index (χ3v) is 7.90. The number of hydrogen-bond donors (Lipinski definition) is 2. The van der Waals surface area contributed by atoms with E-state index < -0.39 is 11.9 Å². The fraction of sp³-hybridized carbons (Fsp3) is 0.375. The van der Waals surface area contributed by atoms with Crippen molar-refractivity contribution < 1.29 is 28.5 Å². The Kier molecular flexibility index (Phi) is 11.4. The van der Waals surface area contributed by atoms with Crippen LogP contribution in [0.4, 0.5) is 21.4 Å². The summed E-state index contributed by atoms with van der Waals surface area (Å²) in [4.78, 5) is 41.2. The molecule has 0 bridgehead atoms. The zero-order valence-corrected chi connectivity index (χ0v) is 26.3. The average Bonchev–Trinajstić information content (AvgIpc) is 3.44. The molecule has 3 aromatic rings. The smallest absolute Gasteiger partial charge is 0.342 e. The standard InChI is InChI=1S/C32H38N6O6S/c1-3-43-29(39)25-26(30(40)44-4-2)28(36-32(38-17-21-42-22-18-38)34-24-13-9-6-10-14-24)45-27(25)35-31(37-15-19-41-20-16-37)33-23-11-7-5-8-12-23/h5-14H,3-4,15-22H2,1-2H3,(H,33,35)(H,34,36). The number of anilines is 2. The first kappa shape index (κ1) is 31.9. The van der Waals surface area contributed by atoms with Gasteiger partial charge < -0.3 is 39.4 Å². The highest BCUT2D eigenvalue weighted by Crippen LogP contribution is 2.43. The van der Waals surface area contributed by atoms with Gasteiger partial charge in [0.05, 0.1) is 39.6 Å². The molecule has 3 heterocycles. The largest absolute Gasteiger partial charge is 0.462 e. The fourth-order valence-corrected chi connectivity index (χ4v) is 5.77. The van der Waals surface area contributed by atoms with Gasteiger partial charge in [0, 0.05) is 37.6 Å². The first-order valence-electron chi connectivity index (χ1n) is 15.0. The number of benzene rings is 2. The molecule has 0 atom stereocenters. The molecule has 45 heavy (non-hydrogen) atoms. The first-order chi connectivity index (χ1) is 22.1. The maximum atomic E-state index is 13.6. The number of esters is 2. The van der Waals surface area contributed by atoms with Crippen LogP contribution < -0.4 is 10.6 Å². The van der Waals surface area contributed by atoms with Crippen LogP contribution >= 0.6 is 11.3 Å². The van der Waals surface area contributed by atoms with Crippen LogP contribution in [0.1, 0.15) is 34.6 Å². The number of carbonyl (C=O) groups excluding carboxylic acids is 2. The highest BCUT2D eigenvalue weighted by Gasteiger charge is 2.32. The molecule has 2 N–H and O–H groups in total. The Labute approximate surface area is 266 Å².